The van der Waals surface area contributed by atoms with Gasteiger partial charge in [0.2, 0.25) is 0 Å². The molecule has 1 unspecified atom stereocenters. The maximum Gasteiger partial charge on any atom is 0.306 e. The first-order valence-electron chi connectivity index (χ1n) is 31.2. The average molecular weight is 1030 g/mol. The van der Waals surface area contributed by atoms with E-state index in [4.69, 9.17) is 14.2 Å². The molecule has 424 valence electrons. The molecule has 0 heterocycles. The molecular weight excluding hydrogens is 913 g/mol. The molecule has 6 nitrogen and oxygen atoms in total. The lowest BCUT2D eigenvalue weighted by Crippen LogP contribution is -2.30. The Labute approximate surface area is 457 Å². The standard InChI is InChI=1S/C68H116O6/c1-4-7-10-13-16-19-22-25-28-31-33-34-36-37-40-43-46-49-52-55-58-61-67(70)73-64-65(63-72-66(69)60-57-54-51-48-45-42-39-30-27-24-21-18-15-12-9-6-3)74-68(71)62-59-56-53-50-47-44-41-38-35-32-29-26-23-20-17-14-11-8-5-2/h7,10,16-17,19-20,25-26,28-30,33-34,37,39-40,65H,4-6,8-9,11-15,18,21-24,27,31-32,35-36,38,41-64H2,1-3H3/b10-7-,19-16-,20-17-,28-25-,29-26-,34-33-,39-30-,40-37-. The summed E-state index contributed by atoms with van der Waals surface area (Å²) in [6.45, 7) is 6.50. The van der Waals surface area contributed by atoms with Gasteiger partial charge in [-0.15, -0.1) is 0 Å². The van der Waals surface area contributed by atoms with Gasteiger partial charge in [0, 0.05) is 19.3 Å². The van der Waals surface area contributed by atoms with Crippen molar-refractivity contribution >= 4 is 17.9 Å². The summed E-state index contributed by atoms with van der Waals surface area (Å²) in [5.74, 6) is -0.912. The van der Waals surface area contributed by atoms with Crippen LogP contribution in [0.4, 0.5) is 0 Å². The number of carbonyl (C=O) groups excluding carboxylic acids is 3. The predicted molar refractivity (Wildman–Crippen MR) is 320 cm³/mol. The van der Waals surface area contributed by atoms with Crippen molar-refractivity contribution in [3.8, 4) is 0 Å². The summed E-state index contributed by atoms with van der Waals surface area (Å²) in [6.07, 6.45) is 82.5. The third-order valence-corrected chi connectivity index (χ3v) is 13.3. The minimum Gasteiger partial charge on any atom is -0.462 e. The topological polar surface area (TPSA) is 78.9 Å². The largest absolute Gasteiger partial charge is 0.462 e. The van der Waals surface area contributed by atoms with Gasteiger partial charge in [0.1, 0.15) is 13.2 Å². The molecule has 0 fully saturated rings. The Balaban J connectivity index is 4.44. The summed E-state index contributed by atoms with van der Waals surface area (Å²) in [7, 11) is 0. The minimum atomic E-state index is -0.794. The highest BCUT2D eigenvalue weighted by Gasteiger charge is 2.19. The van der Waals surface area contributed by atoms with Crippen LogP contribution in [0.3, 0.4) is 0 Å². The van der Waals surface area contributed by atoms with Crippen LogP contribution in [-0.4, -0.2) is 37.2 Å². The van der Waals surface area contributed by atoms with Crippen LogP contribution in [-0.2, 0) is 28.6 Å². The molecule has 0 saturated heterocycles. The van der Waals surface area contributed by atoms with Gasteiger partial charge in [0.15, 0.2) is 6.10 Å². The number of carbonyl (C=O) groups is 3. The molecule has 0 saturated carbocycles. The maximum atomic E-state index is 12.9. The van der Waals surface area contributed by atoms with Crippen LogP contribution >= 0.6 is 0 Å². The van der Waals surface area contributed by atoms with E-state index in [1.807, 2.05) is 0 Å². The number of rotatable bonds is 56. The van der Waals surface area contributed by atoms with Crippen molar-refractivity contribution in [2.45, 2.75) is 303 Å². The molecule has 0 aliphatic rings. The second-order valence-corrected chi connectivity index (χ2v) is 20.6. The van der Waals surface area contributed by atoms with Crippen molar-refractivity contribution in [3.05, 3.63) is 97.2 Å². The highest BCUT2D eigenvalue weighted by molar-refractivity contribution is 5.71. The molecule has 0 spiro atoms. The third kappa shape index (κ3) is 59.2. The van der Waals surface area contributed by atoms with Crippen molar-refractivity contribution in [3.63, 3.8) is 0 Å². The summed E-state index contributed by atoms with van der Waals surface area (Å²) < 4.78 is 16.9. The SMILES string of the molecule is CC/C=C\C/C=C\C/C=C\C/C=C\C/C=C\CCCCCCCC(=O)OCC(COC(=O)CCCCCCC/C=C\CCCCCCCCC)OC(=O)CCCCCCCCCCC/C=C\C/C=C\CCCCC. The van der Waals surface area contributed by atoms with Crippen LogP contribution in [0.2, 0.25) is 0 Å². The molecule has 74 heavy (non-hydrogen) atoms. The Kier molecular flexibility index (Phi) is 58.8. The molecule has 0 N–H and O–H groups in total. The quantitative estimate of drug-likeness (QED) is 0.0261. The molecule has 0 aliphatic heterocycles. The molecular formula is C68H116O6. The molecule has 0 radical (unpaired) electrons. The lowest BCUT2D eigenvalue weighted by atomic mass is 10.1. The molecule has 0 rings (SSSR count). The summed E-state index contributed by atoms with van der Waals surface area (Å²) >= 11 is 0. The first-order valence-corrected chi connectivity index (χ1v) is 31.2. The lowest BCUT2D eigenvalue weighted by molar-refractivity contribution is -0.167. The van der Waals surface area contributed by atoms with E-state index in [2.05, 4.69) is 118 Å². The van der Waals surface area contributed by atoms with Crippen LogP contribution < -0.4 is 0 Å². The van der Waals surface area contributed by atoms with Crippen LogP contribution in [0.5, 0.6) is 0 Å². The van der Waals surface area contributed by atoms with E-state index >= 15 is 0 Å². The normalized spacial score (nSPS) is 12.7. The van der Waals surface area contributed by atoms with Crippen molar-refractivity contribution in [2.24, 2.45) is 0 Å². The van der Waals surface area contributed by atoms with Gasteiger partial charge in [-0.05, 0) is 122 Å². The molecule has 0 aromatic heterocycles. The van der Waals surface area contributed by atoms with Gasteiger partial charge >= 0.3 is 17.9 Å². The smallest absolute Gasteiger partial charge is 0.306 e. The van der Waals surface area contributed by atoms with Gasteiger partial charge in [-0.25, -0.2) is 0 Å². The molecule has 0 aliphatic carbocycles. The zero-order chi connectivity index (χ0) is 53.6. The first kappa shape index (κ1) is 70.3. The van der Waals surface area contributed by atoms with E-state index in [9.17, 15) is 14.4 Å². The average Bonchev–Trinajstić information content (AvgIpc) is 3.40. The van der Waals surface area contributed by atoms with Crippen LogP contribution in [0.15, 0.2) is 97.2 Å². The Morgan fingerprint density at radius 1 is 0.284 bits per heavy atom. The number of esters is 3. The Hall–Kier alpha value is -3.67. The van der Waals surface area contributed by atoms with E-state index in [0.29, 0.717) is 19.3 Å². The van der Waals surface area contributed by atoms with Crippen molar-refractivity contribution < 1.29 is 28.6 Å². The first-order chi connectivity index (χ1) is 36.5. The zero-order valence-corrected chi connectivity index (χ0v) is 48.6. The van der Waals surface area contributed by atoms with Gasteiger partial charge < -0.3 is 14.2 Å². The molecule has 0 aromatic carbocycles. The second kappa shape index (κ2) is 61.9. The van der Waals surface area contributed by atoms with E-state index in [1.54, 1.807) is 0 Å². The highest BCUT2D eigenvalue weighted by atomic mass is 16.6. The number of unbranched alkanes of at least 4 members (excludes halogenated alkanes) is 29. The van der Waals surface area contributed by atoms with Crippen LogP contribution in [0, 0.1) is 0 Å². The number of hydrogen-bond donors (Lipinski definition) is 0. The summed E-state index contributed by atoms with van der Waals surface area (Å²) in [4.78, 5) is 38.3. The molecule has 1 atom stereocenters. The zero-order valence-electron chi connectivity index (χ0n) is 48.6. The summed E-state index contributed by atoms with van der Waals surface area (Å²) in [6, 6.07) is 0. The Morgan fingerprint density at radius 3 is 0.865 bits per heavy atom. The fourth-order valence-electron chi connectivity index (χ4n) is 8.61. The fraction of sp³-hybridized carbons (Fsp3) is 0.721. The monoisotopic (exact) mass is 1030 g/mol. The molecule has 0 bridgehead atoms. The van der Waals surface area contributed by atoms with Gasteiger partial charge in [-0.2, -0.15) is 0 Å². The number of hydrogen-bond acceptors (Lipinski definition) is 6. The summed E-state index contributed by atoms with van der Waals surface area (Å²) in [5.41, 5.74) is 0. The molecule has 6 heteroatoms. The predicted octanol–water partition coefficient (Wildman–Crippen LogP) is 21.3. The third-order valence-electron chi connectivity index (χ3n) is 13.3. The van der Waals surface area contributed by atoms with E-state index in [1.165, 1.54) is 135 Å². The van der Waals surface area contributed by atoms with E-state index in [-0.39, 0.29) is 31.1 Å². The Bertz CT molecular complexity index is 1460. The van der Waals surface area contributed by atoms with Crippen molar-refractivity contribution in [2.75, 3.05) is 13.2 Å². The van der Waals surface area contributed by atoms with Crippen molar-refractivity contribution in [1.29, 1.82) is 0 Å². The maximum absolute atomic E-state index is 12.9. The minimum absolute atomic E-state index is 0.0895. The van der Waals surface area contributed by atoms with Gasteiger partial charge in [0.05, 0.1) is 0 Å². The van der Waals surface area contributed by atoms with E-state index in [0.717, 1.165) is 122 Å². The van der Waals surface area contributed by atoms with Crippen LogP contribution in [0.25, 0.3) is 0 Å². The lowest BCUT2D eigenvalue weighted by Gasteiger charge is -2.18. The highest BCUT2D eigenvalue weighted by Crippen LogP contribution is 2.15. The fourth-order valence-corrected chi connectivity index (χ4v) is 8.61. The van der Waals surface area contributed by atoms with Gasteiger partial charge in [-0.3, -0.25) is 14.4 Å². The summed E-state index contributed by atoms with van der Waals surface area (Å²) in [5, 5.41) is 0. The Morgan fingerprint density at radius 2 is 0.527 bits per heavy atom. The molecule has 0 amide bonds. The van der Waals surface area contributed by atoms with Crippen LogP contribution in [0.1, 0.15) is 297 Å². The second-order valence-electron chi connectivity index (χ2n) is 20.6. The van der Waals surface area contributed by atoms with Gasteiger partial charge in [0.25, 0.3) is 0 Å². The van der Waals surface area contributed by atoms with Gasteiger partial charge in [-0.1, -0.05) is 253 Å². The molecule has 0 aromatic rings. The van der Waals surface area contributed by atoms with Crippen molar-refractivity contribution in [1.82, 2.24) is 0 Å². The number of allylic oxidation sites excluding steroid dienone is 16. The van der Waals surface area contributed by atoms with E-state index < -0.39 is 6.10 Å². The number of ether oxygens (including phenoxy) is 3.